The molecule has 174 valence electrons. The van der Waals surface area contributed by atoms with E-state index in [1.54, 1.807) is 26.4 Å². The summed E-state index contributed by atoms with van der Waals surface area (Å²) in [6.07, 6.45) is 1.80. The molecule has 4 aromatic rings. The number of fused-ring (bicyclic) bond motifs is 1. The van der Waals surface area contributed by atoms with Crippen LogP contribution >= 0.6 is 0 Å². The first kappa shape index (κ1) is 22.7. The number of benzene rings is 2. The minimum Gasteiger partial charge on any atom is -0.493 e. The number of rotatable bonds is 9. The van der Waals surface area contributed by atoms with E-state index >= 15 is 0 Å². The van der Waals surface area contributed by atoms with E-state index in [0.29, 0.717) is 35.7 Å². The molecule has 1 N–H and O–H groups in total. The van der Waals surface area contributed by atoms with Gasteiger partial charge in [0.25, 0.3) is 0 Å². The topological polar surface area (TPSA) is 122 Å². The average Bonchev–Trinajstić information content (AvgIpc) is 2.84. The molecule has 0 aliphatic rings. The fourth-order valence-corrected chi connectivity index (χ4v) is 3.50. The Bertz CT molecular complexity index is 1340. The summed E-state index contributed by atoms with van der Waals surface area (Å²) in [5, 5.41) is 15.8. The summed E-state index contributed by atoms with van der Waals surface area (Å²) >= 11 is 0. The lowest BCUT2D eigenvalue weighted by atomic mass is 10.1. The minimum absolute atomic E-state index is 0.0693. The molecule has 0 saturated heterocycles. The summed E-state index contributed by atoms with van der Waals surface area (Å²) < 4.78 is 16.5. The van der Waals surface area contributed by atoms with Gasteiger partial charge in [-0.3, -0.25) is 10.1 Å². The first-order valence-corrected chi connectivity index (χ1v) is 10.5. The van der Waals surface area contributed by atoms with Crippen molar-refractivity contribution in [1.82, 2.24) is 15.0 Å². The van der Waals surface area contributed by atoms with E-state index in [2.05, 4.69) is 20.3 Å². The van der Waals surface area contributed by atoms with Crippen LogP contribution in [0.1, 0.15) is 11.3 Å². The van der Waals surface area contributed by atoms with Crippen LogP contribution in [0.3, 0.4) is 0 Å². The van der Waals surface area contributed by atoms with Gasteiger partial charge in [0.1, 0.15) is 11.8 Å². The van der Waals surface area contributed by atoms with E-state index < -0.39 is 4.92 Å². The number of hydrogen-bond donors (Lipinski definition) is 1. The zero-order chi connectivity index (χ0) is 24.1. The zero-order valence-electron chi connectivity index (χ0n) is 18.9. The third-order valence-electron chi connectivity index (χ3n) is 5.15. The molecule has 0 fully saturated rings. The minimum atomic E-state index is -0.558. The maximum absolute atomic E-state index is 11.9. The molecule has 0 spiro atoms. The van der Waals surface area contributed by atoms with Crippen molar-refractivity contribution < 1.29 is 19.1 Å². The Morgan fingerprint density at radius 1 is 1.00 bits per heavy atom. The molecule has 2 aromatic heterocycles. The third kappa shape index (κ3) is 4.80. The average molecular weight is 461 g/mol. The van der Waals surface area contributed by atoms with Crippen LogP contribution in [-0.4, -0.2) is 40.6 Å². The predicted molar refractivity (Wildman–Crippen MR) is 127 cm³/mol. The maximum atomic E-state index is 11.9. The number of ether oxygens (including phenoxy) is 3. The zero-order valence-corrected chi connectivity index (χ0v) is 18.9. The normalized spacial score (nSPS) is 10.7. The van der Waals surface area contributed by atoms with Gasteiger partial charge in [0.2, 0.25) is 5.82 Å². The molecule has 34 heavy (non-hydrogen) atoms. The van der Waals surface area contributed by atoms with Crippen LogP contribution in [0.5, 0.6) is 23.1 Å². The molecule has 0 radical (unpaired) electrons. The first-order valence-electron chi connectivity index (χ1n) is 10.5. The van der Waals surface area contributed by atoms with Crippen LogP contribution in [-0.2, 0) is 6.42 Å². The third-order valence-corrected chi connectivity index (χ3v) is 5.15. The van der Waals surface area contributed by atoms with Crippen LogP contribution in [0.15, 0.2) is 54.9 Å². The second-order valence-electron chi connectivity index (χ2n) is 7.38. The molecule has 4 rings (SSSR count). The predicted octanol–water partition coefficient (Wildman–Crippen LogP) is 4.71. The van der Waals surface area contributed by atoms with Crippen LogP contribution in [0.2, 0.25) is 0 Å². The summed E-state index contributed by atoms with van der Waals surface area (Å²) in [5.74, 6) is 1.52. The number of hydrogen-bond acceptors (Lipinski definition) is 9. The van der Waals surface area contributed by atoms with Gasteiger partial charge in [0.05, 0.1) is 19.1 Å². The fraction of sp³-hybridized carbons (Fsp3) is 0.208. The fourth-order valence-electron chi connectivity index (χ4n) is 3.50. The summed E-state index contributed by atoms with van der Waals surface area (Å²) in [7, 11) is 3.14. The molecule has 10 nitrogen and oxygen atoms in total. The standard InChI is InChI=1S/C24H23N5O5/c1-15-7-9-17-5-4-6-19(21(17)28-15)34-24-22(29(30)31)23(26-14-27-24)25-12-11-16-8-10-18(32-2)20(13-16)33-3/h4-10,13-14H,11-12H2,1-3H3,(H,25,26,27). The molecule has 0 aliphatic heterocycles. The first-order chi connectivity index (χ1) is 16.5. The van der Waals surface area contributed by atoms with Crippen LogP contribution < -0.4 is 19.5 Å². The highest BCUT2D eigenvalue weighted by Crippen LogP contribution is 2.36. The number of pyridine rings is 1. The van der Waals surface area contributed by atoms with Crippen LogP contribution in [0.25, 0.3) is 10.9 Å². The van der Waals surface area contributed by atoms with E-state index in [4.69, 9.17) is 14.2 Å². The van der Waals surface area contributed by atoms with Gasteiger partial charge in [-0.25, -0.2) is 9.97 Å². The summed E-state index contributed by atoms with van der Waals surface area (Å²) in [5.41, 5.74) is 2.02. The number of aromatic nitrogens is 3. The van der Waals surface area contributed by atoms with Gasteiger partial charge in [-0.05, 0) is 43.2 Å². The quantitative estimate of drug-likeness (QED) is 0.279. The summed E-state index contributed by atoms with van der Waals surface area (Å²) in [6.45, 7) is 2.26. The van der Waals surface area contributed by atoms with Gasteiger partial charge in [-0.2, -0.15) is 4.98 Å². The molecule has 0 saturated carbocycles. The Labute approximate surface area is 195 Å². The number of nitro groups is 1. The Morgan fingerprint density at radius 3 is 2.59 bits per heavy atom. The van der Waals surface area contributed by atoms with Crippen LogP contribution in [0.4, 0.5) is 11.5 Å². The lowest BCUT2D eigenvalue weighted by molar-refractivity contribution is -0.385. The van der Waals surface area contributed by atoms with Gasteiger partial charge < -0.3 is 19.5 Å². The van der Waals surface area contributed by atoms with Crippen molar-refractivity contribution in [2.45, 2.75) is 13.3 Å². The van der Waals surface area contributed by atoms with E-state index in [0.717, 1.165) is 16.6 Å². The van der Waals surface area contributed by atoms with Gasteiger partial charge in [-0.15, -0.1) is 0 Å². The Kier molecular flexibility index (Phi) is 6.67. The SMILES string of the molecule is COc1ccc(CCNc2ncnc(Oc3cccc4ccc(C)nc34)c2[N+](=O)[O-])cc1OC. The molecule has 0 unspecified atom stereocenters. The molecule has 0 aliphatic carbocycles. The lowest BCUT2D eigenvalue weighted by Crippen LogP contribution is -2.10. The monoisotopic (exact) mass is 461 g/mol. The summed E-state index contributed by atoms with van der Waals surface area (Å²) in [4.78, 5) is 23.9. The molecular weight excluding hydrogens is 438 g/mol. The molecular formula is C24H23N5O5. The number of anilines is 1. The highest BCUT2D eigenvalue weighted by Gasteiger charge is 2.25. The van der Waals surface area contributed by atoms with Crippen molar-refractivity contribution in [3.8, 4) is 23.1 Å². The molecule has 10 heteroatoms. The van der Waals surface area contributed by atoms with Gasteiger partial charge >= 0.3 is 11.6 Å². The Morgan fingerprint density at radius 2 is 1.82 bits per heavy atom. The number of nitrogens with one attached hydrogen (secondary N) is 1. The Hall–Kier alpha value is -4.47. The van der Waals surface area contributed by atoms with E-state index in [9.17, 15) is 10.1 Å². The largest absolute Gasteiger partial charge is 0.493 e. The number of methoxy groups -OCH3 is 2. The van der Waals surface area contributed by atoms with Crippen LogP contribution in [0, 0.1) is 17.0 Å². The Balaban J connectivity index is 1.56. The smallest absolute Gasteiger partial charge is 0.373 e. The van der Waals surface area contributed by atoms with Crippen molar-refractivity contribution in [3.05, 3.63) is 76.2 Å². The van der Waals surface area contributed by atoms with Gasteiger partial charge in [0, 0.05) is 17.6 Å². The van der Waals surface area contributed by atoms with Crippen molar-refractivity contribution >= 4 is 22.4 Å². The number of nitrogens with zero attached hydrogens (tertiary/aromatic N) is 4. The number of aryl methyl sites for hydroxylation is 1. The van der Waals surface area contributed by atoms with Crippen molar-refractivity contribution in [3.63, 3.8) is 0 Å². The van der Waals surface area contributed by atoms with Crippen molar-refractivity contribution in [2.75, 3.05) is 26.1 Å². The molecule has 2 heterocycles. The number of para-hydroxylation sites is 1. The lowest BCUT2D eigenvalue weighted by Gasteiger charge is -2.12. The molecule has 0 atom stereocenters. The van der Waals surface area contributed by atoms with E-state index in [1.807, 2.05) is 43.3 Å². The second kappa shape index (κ2) is 9.99. The van der Waals surface area contributed by atoms with Gasteiger partial charge in [0.15, 0.2) is 17.2 Å². The highest BCUT2D eigenvalue weighted by atomic mass is 16.6. The van der Waals surface area contributed by atoms with Crippen molar-refractivity contribution in [1.29, 1.82) is 0 Å². The maximum Gasteiger partial charge on any atom is 0.373 e. The highest BCUT2D eigenvalue weighted by molar-refractivity contribution is 5.85. The second-order valence-corrected chi connectivity index (χ2v) is 7.38. The summed E-state index contributed by atoms with van der Waals surface area (Å²) in [6, 6.07) is 14.8. The molecule has 0 bridgehead atoms. The molecule has 2 aromatic carbocycles. The molecule has 0 amide bonds. The van der Waals surface area contributed by atoms with Gasteiger partial charge in [-0.1, -0.05) is 24.3 Å². The van der Waals surface area contributed by atoms with E-state index in [1.165, 1.54) is 6.33 Å². The van der Waals surface area contributed by atoms with E-state index in [-0.39, 0.29) is 17.4 Å². The van der Waals surface area contributed by atoms with Crippen molar-refractivity contribution in [2.24, 2.45) is 0 Å².